The summed E-state index contributed by atoms with van der Waals surface area (Å²) in [4.78, 5) is 8.81. The molecule has 0 atom stereocenters. The zero-order chi connectivity index (χ0) is 17.5. The third-order valence-electron chi connectivity index (χ3n) is 4.14. The number of aromatic nitrogens is 1. The highest BCUT2D eigenvalue weighted by molar-refractivity contribution is 6.05. The largest absolute Gasteiger partial charge is 0.505 e. The second kappa shape index (κ2) is 8.18. The number of rotatable bonds is 7. The van der Waals surface area contributed by atoms with Crippen molar-refractivity contribution >= 4 is 22.8 Å². The van der Waals surface area contributed by atoms with Crippen molar-refractivity contribution < 1.29 is 10.0 Å². The number of hydrogen-bond donors (Lipinski definition) is 4. The monoisotopic (exact) mass is 326 g/mol. The summed E-state index contributed by atoms with van der Waals surface area (Å²) >= 11 is 0. The summed E-state index contributed by atoms with van der Waals surface area (Å²) in [5.74, 6) is 0.306. The molecule has 0 bridgehead atoms. The van der Waals surface area contributed by atoms with Gasteiger partial charge >= 0.3 is 0 Å². The van der Waals surface area contributed by atoms with Crippen molar-refractivity contribution in [2.24, 2.45) is 10.7 Å². The molecule has 1 aromatic heterocycles. The van der Waals surface area contributed by atoms with Gasteiger partial charge in [0.2, 0.25) is 0 Å². The number of amidine groups is 1. The molecule has 2 rings (SSSR count). The molecule has 0 aliphatic heterocycles. The fourth-order valence-corrected chi connectivity index (χ4v) is 2.58. The number of nitrogens with two attached hydrogens (primary N) is 1. The van der Waals surface area contributed by atoms with Crippen molar-refractivity contribution in [1.82, 2.24) is 4.98 Å². The van der Waals surface area contributed by atoms with Gasteiger partial charge in [-0.15, -0.1) is 0 Å². The quantitative estimate of drug-likeness (QED) is 0.347. The van der Waals surface area contributed by atoms with Gasteiger partial charge in [-0.25, -0.2) is 0 Å². The first-order valence-corrected chi connectivity index (χ1v) is 8.16. The molecule has 1 aromatic carbocycles. The molecular weight excluding hydrogens is 302 g/mol. The van der Waals surface area contributed by atoms with Gasteiger partial charge in [-0.05, 0) is 32.1 Å². The lowest BCUT2D eigenvalue weighted by molar-refractivity contribution is -0.894. The van der Waals surface area contributed by atoms with E-state index in [0.717, 1.165) is 25.2 Å². The van der Waals surface area contributed by atoms with Crippen LogP contribution in [0.2, 0.25) is 0 Å². The molecule has 0 aliphatic carbocycles. The van der Waals surface area contributed by atoms with Gasteiger partial charge in [0.1, 0.15) is 17.7 Å². The van der Waals surface area contributed by atoms with E-state index in [9.17, 15) is 10.4 Å². The summed E-state index contributed by atoms with van der Waals surface area (Å²) in [7, 11) is 0. The van der Waals surface area contributed by atoms with Crippen LogP contribution in [-0.2, 0) is 0 Å². The molecule has 0 spiro atoms. The minimum Gasteiger partial charge on any atom is -0.505 e. The summed E-state index contributed by atoms with van der Waals surface area (Å²) < 4.78 is 0. The Balaban J connectivity index is 2.21. The van der Waals surface area contributed by atoms with Gasteiger partial charge in [-0.1, -0.05) is 12.1 Å². The number of benzene rings is 1. The van der Waals surface area contributed by atoms with E-state index in [1.807, 2.05) is 24.3 Å². The van der Waals surface area contributed by atoms with Crippen molar-refractivity contribution in [1.29, 1.82) is 5.26 Å². The van der Waals surface area contributed by atoms with Crippen molar-refractivity contribution in [2.75, 3.05) is 26.2 Å². The number of nitrogens with one attached hydrogen (secondary N) is 2. The van der Waals surface area contributed by atoms with Gasteiger partial charge < -0.3 is 20.7 Å². The predicted molar refractivity (Wildman–Crippen MR) is 97.0 cm³/mol. The van der Waals surface area contributed by atoms with E-state index in [0.29, 0.717) is 17.6 Å². The molecule has 24 heavy (non-hydrogen) atoms. The second-order valence-electron chi connectivity index (χ2n) is 5.58. The fraction of sp³-hybridized carbons (Fsp3) is 0.333. The number of H-pyrrole nitrogens is 1. The van der Waals surface area contributed by atoms with Crippen LogP contribution in [0.3, 0.4) is 0 Å². The lowest BCUT2D eigenvalue weighted by Gasteiger charge is -2.13. The highest BCUT2D eigenvalue weighted by Crippen LogP contribution is 2.29. The maximum atomic E-state index is 10.3. The zero-order valence-corrected chi connectivity index (χ0v) is 14.1. The number of quaternary nitrogens is 1. The summed E-state index contributed by atoms with van der Waals surface area (Å²) in [6.45, 7) is 7.78. The van der Waals surface area contributed by atoms with Crippen LogP contribution in [0.15, 0.2) is 34.8 Å². The normalized spacial score (nSPS) is 12.8. The number of likely N-dealkylation sites (N-methyl/N-ethyl adjacent to an activating group) is 1. The number of nitriles is 1. The molecule has 6 nitrogen and oxygen atoms in total. The predicted octanol–water partition coefficient (Wildman–Crippen LogP) is 1.06. The van der Waals surface area contributed by atoms with Gasteiger partial charge in [0, 0.05) is 10.9 Å². The average molecular weight is 326 g/mol. The molecule has 0 radical (unpaired) electrons. The van der Waals surface area contributed by atoms with Crippen LogP contribution in [0.4, 0.5) is 0 Å². The van der Waals surface area contributed by atoms with E-state index in [-0.39, 0.29) is 17.2 Å². The molecule has 1 heterocycles. The molecule has 2 aromatic rings. The third-order valence-corrected chi connectivity index (χ3v) is 4.14. The van der Waals surface area contributed by atoms with Gasteiger partial charge in [-0.3, -0.25) is 4.99 Å². The molecule has 0 unspecified atom stereocenters. The Bertz CT molecular complexity index is 793. The van der Waals surface area contributed by atoms with Crippen LogP contribution in [0.5, 0.6) is 5.75 Å². The Kier molecular flexibility index (Phi) is 5.99. The number of fused-ring (bicyclic) bond motifs is 1. The van der Waals surface area contributed by atoms with E-state index in [1.54, 1.807) is 6.08 Å². The first-order chi connectivity index (χ1) is 11.6. The van der Waals surface area contributed by atoms with E-state index in [2.05, 4.69) is 29.9 Å². The van der Waals surface area contributed by atoms with E-state index < -0.39 is 0 Å². The number of nitrogens with zero attached hydrogens (tertiary/aromatic N) is 2. The fourth-order valence-electron chi connectivity index (χ4n) is 2.58. The Hall–Kier alpha value is -2.78. The molecule has 0 fully saturated rings. The summed E-state index contributed by atoms with van der Waals surface area (Å²) in [5, 5.41) is 20.3. The highest BCUT2D eigenvalue weighted by Gasteiger charge is 2.11. The third kappa shape index (κ3) is 3.94. The Morgan fingerprint density at radius 2 is 2.08 bits per heavy atom. The molecule has 0 aliphatic rings. The van der Waals surface area contributed by atoms with Crippen molar-refractivity contribution in [3.63, 3.8) is 0 Å². The summed E-state index contributed by atoms with van der Waals surface area (Å²) in [6, 6.07) is 9.46. The SMILES string of the molecule is CC[NH+](CC)CCN=C(N)/C(C#N)=C/c1[nH]c2ccccc2c1O. The maximum Gasteiger partial charge on any atom is 0.148 e. The van der Waals surface area contributed by atoms with Crippen LogP contribution in [0.25, 0.3) is 17.0 Å². The summed E-state index contributed by atoms with van der Waals surface area (Å²) in [5.41, 5.74) is 7.45. The zero-order valence-electron chi connectivity index (χ0n) is 14.1. The van der Waals surface area contributed by atoms with Gasteiger partial charge in [0.25, 0.3) is 0 Å². The Labute approximate surface area is 141 Å². The minimum absolute atomic E-state index is 0.110. The lowest BCUT2D eigenvalue weighted by atomic mass is 10.2. The molecule has 5 N–H and O–H groups in total. The Morgan fingerprint density at radius 3 is 2.71 bits per heavy atom. The first kappa shape index (κ1) is 17.6. The lowest BCUT2D eigenvalue weighted by Crippen LogP contribution is -3.11. The van der Waals surface area contributed by atoms with Crippen LogP contribution in [0.1, 0.15) is 19.5 Å². The van der Waals surface area contributed by atoms with Crippen molar-refractivity contribution in [3.05, 3.63) is 35.5 Å². The topological polar surface area (TPSA) is 103 Å². The van der Waals surface area contributed by atoms with Gasteiger partial charge in [0.05, 0.1) is 37.4 Å². The molecule has 6 heteroatoms. The number of hydrogen-bond acceptors (Lipinski definition) is 3. The van der Waals surface area contributed by atoms with E-state index >= 15 is 0 Å². The highest BCUT2D eigenvalue weighted by atomic mass is 16.3. The molecule has 0 amide bonds. The number of aliphatic imine (C=N–C) groups is 1. The van der Waals surface area contributed by atoms with Gasteiger partial charge in [-0.2, -0.15) is 5.26 Å². The minimum atomic E-state index is 0.110. The van der Waals surface area contributed by atoms with Crippen LogP contribution in [0, 0.1) is 11.3 Å². The smallest absolute Gasteiger partial charge is 0.148 e. The summed E-state index contributed by atoms with van der Waals surface area (Å²) in [6.07, 6.45) is 1.54. The van der Waals surface area contributed by atoms with Crippen LogP contribution in [-0.4, -0.2) is 42.1 Å². The number of aromatic hydroxyl groups is 1. The van der Waals surface area contributed by atoms with Crippen molar-refractivity contribution in [3.8, 4) is 11.8 Å². The number of aromatic amines is 1. The van der Waals surface area contributed by atoms with E-state index in [4.69, 9.17) is 5.73 Å². The molecule has 0 saturated heterocycles. The molecular formula is C18H24N5O+. The Morgan fingerprint density at radius 1 is 1.38 bits per heavy atom. The van der Waals surface area contributed by atoms with Gasteiger partial charge in [0.15, 0.2) is 0 Å². The van der Waals surface area contributed by atoms with Crippen LogP contribution >= 0.6 is 0 Å². The second-order valence-corrected chi connectivity index (χ2v) is 5.58. The molecule has 126 valence electrons. The van der Waals surface area contributed by atoms with E-state index in [1.165, 1.54) is 4.90 Å². The molecule has 0 saturated carbocycles. The maximum absolute atomic E-state index is 10.3. The van der Waals surface area contributed by atoms with Crippen LogP contribution < -0.4 is 10.6 Å². The standard InChI is InChI=1S/C18H23N5O/c1-3-23(4-2)10-9-21-18(20)13(12-19)11-16-17(24)14-7-5-6-8-15(14)22-16/h5-8,11,22,24H,3-4,9-10H2,1-2H3,(H2,20,21)/p+1/b13-11+. The van der Waals surface area contributed by atoms with Crippen molar-refractivity contribution in [2.45, 2.75) is 13.8 Å². The first-order valence-electron chi connectivity index (χ1n) is 8.16. The number of para-hydroxylation sites is 1. The average Bonchev–Trinajstić information content (AvgIpc) is 2.92.